The molecule has 0 unspecified atom stereocenters. The largest absolute Gasteiger partial charge is 0.298 e. The molecule has 5 aromatic heterocycles. The second-order valence-corrected chi connectivity index (χ2v) is 8.44. The maximum Gasteiger partial charge on any atom is 0.137 e. The molecule has 7 rings (SSSR count). The van der Waals surface area contributed by atoms with Gasteiger partial charge in [-0.15, -0.1) is 0 Å². The molecule has 2 aromatic carbocycles. The Balaban J connectivity index is 1.45. The number of nitrogens with zero attached hydrogens (tertiary/aromatic N) is 5. The number of imidazole rings is 1. The molecule has 0 aliphatic rings. The Morgan fingerprint density at radius 3 is 2.26 bits per heavy atom. The highest BCUT2D eigenvalue weighted by atomic mass is 15.0. The van der Waals surface area contributed by atoms with Crippen LogP contribution >= 0.6 is 0 Å². The fourth-order valence-electron chi connectivity index (χ4n) is 4.66. The van der Waals surface area contributed by atoms with Crippen LogP contribution in [0.15, 0.2) is 116 Å². The zero-order valence-corrected chi connectivity index (χ0v) is 18.7. The molecular weight excluding hydrogens is 430 g/mol. The van der Waals surface area contributed by atoms with Crippen LogP contribution in [0.1, 0.15) is 0 Å². The molecule has 7 aromatic rings. The van der Waals surface area contributed by atoms with Gasteiger partial charge in [-0.25, -0.2) is 15.0 Å². The molecule has 0 bridgehead atoms. The van der Waals surface area contributed by atoms with Gasteiger partial charge in [0.15, 0.2) is 0 Å². The highest BCUT2D eigenvalue weighted by molar-refractivity contribution is 6.09. The molecule has 0 radical (unpaired) electrons. The van der Waals surface area contributed by atoms with Gasteiger partial charge >= 0.3 is 0 Å². The van der Waals surface area contributed by atoms with Crippen molar-refractivity contribution in [3.05, 3.63) is 116 Å². The van der Waals surface area contributed by atoms with Crippen LogP contribution in [0.4, 0.5) is 0 Å². The van der Waals surface area contributed by atoms with Gasteiger partial charge in [0.25, 0.3) is 0 Å². The Labute approximate surface area is 201 Å². The highest BCUT2D eigenvalue weighted by Gasteiger charge is 2.16. The number of para-hydroxylation sites is 1. The Hall–Kier alpha value is -4.90. The van der Waals surface area contributed by atoms with Crippen molar-refractivity contribution < 1.29 is 0 Å². The van der Waals surface area contributed by atoms with Gasteiger partial charge in [-0.1, -0.05) is 48.5 Å². The second-order valence-electron chi connectivity index (χ2n) is 8.44. The highest BCUT2D eigenvalue weighted by Crippen LogP contribution is 2.34. The Kier molecular flexibility index (Phi) is 4.39. The second kappa shape index (κ2) is 7.85. The lowest BCUT2D eigenvalue weighted by molar-refractivity contribution is 1.22. The number of benzene rings is 2. The molecule has 5 nitrogen and oxygen atoms in total. The number of aromatic nitrogens is 5. The van der Waals surface area contributed by atoms with Crippen molar-refractivity contribution in [3.8, 4) is 33.8 Å². The molecule has 0 amide bonds. The van der Waals surface area contributed by atoms with Crippen LogP contribution in [-0.4, -0.2) is 24.3 Å². The smallest absolute Gasteiger partial charge is 0.137 e. The van der Waals surface area contributed by atoms with Gasteiger partial charge in [-0.2, -0.15) is 0 Å². The van der Waals surface area contributed by atoms with E-state index in [4.69, 9.17) is 15.0 Å². The quantitative estimate of drug-likeness (QED) is 0.297. The predicted molar refractivity (Wildman–Crippen MR) is 140 cm³/mol. The standard InChI is InChI=1S/C30H19N5/c1-2-10-26-23(9-1)29-30(35-18-4-3-13-27(35)34-29)28(33-26)22-8-5-7-21(19-22)25-12-6-11-24(32-25)20-14-16-31-17-15-20/h1-19H. The molecule has 5 heterocycles. The van der Waals surface area contributed by atoms with Crippen molar-refractivity contribution in [1.29, 1.82) is 0 Å². The molecule has 0 saturated carbocycles. The topological polar surface area (TPSA) is 56.0 Å². The van der Waals surface area contributed by atoms with E-state index in [9.17, 15) is 0 Å². The van der Waals surface area contributed by atoms with Crippen molar-refractivity contribution in [2.24, 2.45) is 0 Å². The van der Waals surface area contributed by atoms with E-state index < -0.39 is 0 Å². The first-order valence-electron chi connectivity index (χ1n) is 11.5. The first-order valence-corrected chi connectivity index (χ1v) is 11.5. The van der Waals surface area contributed by atoms with Gasteiger partial charge < -0.3 is 0 Å². The van der Waals surface area contributed by atoms with Crippen LogP contribution in [0.3, 0.4) is 0 Å². The summed E-state index contributed by atoms with van der Waals surface area (Å²) < 4.78 is 2.12. The Morgan fingerprint density at radius 1 is 0.571 bits per heavy atom. The lowest BCUT2D eigenvalue weighted by Gasteiger charge is -2.10. The normalized spacial score (nSPS) is 11.4. The number of hydrogen-bond acceptors (Lipinski definition) is 4. The van der Waals surface area contributed by atoms with E-state index in [0.29, 0.717) is 0 Å². The maximum absolute atomic E-state index is 5.11. The van der Waals surface area contributed by atoms with E-state index in [1.807, 2.05) is 72.9 Å². The molecular formula is C30H19N5. The molecule has 0 saturated heterocycles. The van der Waals surface area contributed by atoms with Crippen LogP contribution in [0, 0.1) is 0 Å². The van der Waals surface area contributed by atoms with Crippen molar-refractivity contribution >= 4 is 27.6 Å². The zero-order valence-electron chi connectivity index (χ0n) is 18.7. The predicted octanol–water partition coefficient (Wildman–Crippen LogP) is 6.83. The van der Waals surface area contributed by atoms with E-state index in [-0.39, 0.29) is 0 Å². The SMILES string of the molecule is c1cc(-c2cccc(-c3ccncc3)n2)cc(-c2nc3ccccc3c3nc4ccccn4c23)c1. The minimum Gasteiger partial charge on any atom is -0.298 e. The van der Waals surface area contributed by atoms with Crippen LogP contribution in [-0.2, 0) is 0 Å². The van der Waals surface area contributed by atoms with Gasteiger partial charge in [0, 0.05) is 40.7 Å². The average molecular weight is 450 g/mol. The summed E-state index contributed by atoms with van der Waals surface area (Å²) in [6.45, 7) is 0. The third kappa shape index (κ3) is 3.25. The molecule has 0 N–H and O–H groups in total. The summed E-state index contributed by atoms with van der Waals surface area (Å²) in [7, 11) is 0. The fraction of sp³-hybridized carbons (Fsp3) is 0. The molecule has 0 aliphatic carbocycles. The zero-order chi connectivity index (χ0) is 23.2. The average Bonchev–Trinajstić information content (AvgIpc) is 3.33. The molecule has 0 atom stereocenters. The number of hydrogen-bond donors (Lipinski definition) is 0. The molecule has 0 fully saturated rings. The minimum absolute atomic E-state index is 0.907. The molecule has 5 heteroatoms. The first-order chi connectivity index (χ1) is 17.3. The minimum atomic E-state index is 0.907. The van der Waals surface area contributed by atoms with Crippen LogP contribution in [0.5, 0.6) is 0 Å². The maximum atomic E-state index is 5.11. The van der Waals surface area contributed by atoms with E-state index >= 15 is 0 Å². The fourth-order valence-corrected chi connectivity index (χ4v) is 4.66. The van der Waals surface area contributed by atoms with Gasteiger partial charge in [0.1, 0.15) is 11.2 Å². The first kappa shape index (κ1) is 19.6. The van der Waals surface area contributed by atoms with Crippen molar-refractivity contribution in [3.63, 3.8) is 0 Å². The summed E-state index contributed by atoms with van der Waals surface area (Å²) in [5, 5.41) is 1.05. The lowest BCUT2D eigenvalue weighted by Crippen LogP contribution is -1.93. The van der Waals surface area contributed by atoms with Gasteiger partial charge in [-0.3, -0.25) is 9.38 Å². The van der Waals surface area contributed by atoms with Crippen LogP contribution in [0.25, 0.3) is 61.4 Å². The van der Waals surface area contributed by atoms with Crippen LogP contribution in [0.2, 0.25) is 0 Å². The van der Waals surface area contributed by atoms with E-state index in [2.05, 4.69) is 39.7 Å². The van der Waals surface area contributed by atoms with Crippen LogP contribution < -0.4 is 0 Å². The van der Waals surface area contributed by atoms with E-state index in [0.717, 1.165) is 61.4 Å². The van der Waals surface area contributed by atoms with E-state index in [1.165, 1.54) is 0 Å². The van der Waals surface area contributed by atoms with Crippen molar-refractivity contribution in [2.75, 3.05) is 0 Å². The monoisotopic (exact) mass is 449 g/mol. The van der Waals surface area contributed by atoms with Gasteiger partial charge in [0.2, 0.25) is 0 Å². The number of fused-ring (bicyclic) bond motifs is 5. The Bertz CT molecular complexity index is 1850. The third-order valence-electron chi connectivity index (χ3n) is 6.30. The van der Waals surface area contributed by atoms with Crippen molar-refractivity contribution in [2.45, 2.75) is 0 Å². The molecule has 0 aliphatic heterocycles. The third-order valence-corrected chi connectivity index (χ3v) is 6.30. The summed E-state index contributed by atoms with van der Waals surface area (Å²) in [6, 6.07) is 32.8. The molecule has 35 heavy (non-hydrogen) atoms. The molecule has 0 spiro atoms. The molecule has 164 valence electrons. The van der Waals surface area contributed by atoms with Gasteiger partial charge in [-0.05, 0) is 48.5 Å². The summed E-state index contributed by atoms with van der Waals surface area (Å²) in [4.78, 5) is 19.1. The summed E-state index contributed by atoms with van der Waals surface area (Å²) in [6.07, 6.45) is 5.63. The van der Waals surface area contributed by atoms with Gasteiger partial charge in [0.05, 0.1) is 28.1 Å². The summed E-state index contributed by atoms with van der Waals surface area (Å²) in [5.41, 5.74) is 9.66. The number of rotatable bonds is 3. The number of pyridine rings is 4. The van der Waals surface area contributed by atoms with E-state index in [1.54, 1.807) is 12.4 Å². The Morgan fingerprint density at radius 2 is 1.34 bits per heavy atom. The van der Waals surface area contributed by atoms with Crippen molar-refractivity contribution in [1.82, 2.24) is 24.3 Å². The summed E-state index contributed by atoms with van der Waals surface area (Å²) >= 11 is 0. The lowest BCUT2D eigenvalue weighted by atomic mass is 10.0. The summed E-state index contributed by atoms with van der Waals surface area (Å²) in [5.74, 6) is 0.